The average molecular weight is 260 g/mol. The number of amides is 1. The van der Waals surface area contributed by atoms with Crippen LogP contribution in [-0.4, -0.2) is 29.8 Å². The molecule has 0 spiro atoms. The smallest absolute Gasteiger partial charge is 0.229 e. The van der Waals surface area contributed by atoms with E-state index in [9.17, 15) is 4.79 Å². The van der Waals surface area contributed by atoms with E-state index in [0.29, 0.717) is 11.3 Å². The Morgan fingerprint density at radius 2 is 1.65 bits per heavy atom. The van der Waals surface area contributed by atoms with E-state index in [4.69, 9.17) is 11.6 Å². The standard InChI is InChI=1S/C14H26ClNO/c1-13(2,3)11-6-8-16(9-7-11)12(17)14(4,5)10-15/h11H,6-10H2,1-5H3. The third-order valence-corrected chi connectivity index (χ3v) is 4.59. The minimum absolute atomic E-state index is 0.208. The van der Waals surface area contributed by atoms with Gasteiger partial charge in [-0.05, 0) is 38.0 Å². The molecule has 0 aromatic heterocycles. The van der Waals surface area contributed by atoms with Crippen molar-refractivity contribution in [2.45, 2.75) is 47.5 Å². The molecule has 2 nitrogen and oxygen atoms in total. The van der Waals surface area contributed by atoms with Gasteiger partial charge in [0.05, 0.1) is 5.41 Å². The number of halogens is 1. The van der Waals surface area contributed by atoms with E-state index < -0.39 is 5.41 Å². The first-order chi connectivity index (χ1) is 7.68. The minimum atomic E-state index is -0.421. The molecule has 1 saturated heterocycles. The van der Waals surface area contributed by atoms with Crippen LogP contribution in [0.15, 0.2) is 0 Å². The van der Waals surface area contributed by atoms with Gasteiger partial charge in [0, 0.05) is 19.0 Å². The van der Waals surface area contributed by atoms with E-state index in [2.05, 4.69) is 20.8 Å². The normalized spacial score (nSPS) is 19.5. The third kappa shape index (κ3) is 3.61. The van der Waals surface area contributed by atoms with E-state index in [0.717, 1.165) is 31.8 Å². The van der Waals surface area contributed by atoms with E-state index in [1.807, 2.05) is 18.7 Å². The molecule has 1 fully saturated rings. The molecule has 1 rings (SSSR count). The number of nitrogens with zero attached hydrogens (tertiary/aromatic N) is 1. The molecule has 0 atom stereocenters. The molecule has 1 heterocycles. The van der Waals surface area contributed by atoms with Crippen molar-refractivity contribution < 1.29 is 4.79 Å². The van der Waals surface area contributed by atoms with E-state index in [-0.39, 0.29) is 5.91 Å². The maximum absolute atomic E-state index is 12.2. The lowest BCUT2D eigenvalue weighted by Crippen LogP contribution is -2.47. The first-order valence-electron chi connectivity index (χ1n) is 6.54. The summed E-state index contributed by atoms with van der Waals surface area (Å²) in [4.78, 5) is 14.2. The first-order valence-corrected chi connectivity index (χ1v) is 7.07. The summed E-state index contributed by atoms with van der Waals surface area (Å²) >= 11 is 5.86. The third-order valence-electron chi connectivity index (χ3n) is 3.92. The molecule has 17 heavy (non-hydrogen) atoms. The van der Waals surface area contributed by atoms with Gasteiger partial charge in [-0.1, -0.05) is 20.8 Å². The van der Waals surface area contributed by atoms with Crippen LogP contribution in [0.3, 0.4) is 0 Å². The number of carbonyl (C=O) groups excluding carboxylic acids is 1. The molecule has 0 saturated carbocycles. The van der Waals surface area contributed by atoms with Crippen molar-refractivity contribution in [3.63, 3.8) is 0 Å². The highest BCUT2D eigenvalue weighted by atomic mass is 35.5. The number of carbonyl (C=O) groups is 1. The van der Waals surface area contributed by atoms with Crippen LogP contribution >= 0.6 is 11.6 Å². The lowest BCUT2D eigenvalue weighted by atomic mass is 9.75. The summed E-state index contributed by atoms with van der Waals surface area (Å²) in [6, 6.07) is 0. The van der Waals surface area contributed by atoms with Crippen LogP contribution in [0.5, 0.6) is 0 Å². The predicted octanol–water partition coefficient (Wildman–Crippen LogP) is 3.54. The molecule has 0 radical (unpaired) electrons. The maximum Gasteiger partial charge on any atom is 0.229 e. The van der Waals surface area contributed by atoms with Gasteiger partial charge in [0.2, 0.25) is 5.91 Å². The number of likely N-dealkylation sites (tertiary alicyclic amines) is 1. The number of piperidine rings is 1. The topological polar surface area (TPSA) is 20.3 Å². The highest BCUT2D eigenvalue weighted by Gasteiger charge is 2.35. The van der Waals surface area contributed by atoms with Crippen LogP contribution in [-0.2, 0) is 4.79 Å². The number of hydrogen-bond acceptors (Lipinski definition) is 1. The second-order valence-corrected chi connectivity index (χ2v) is 7.22. The summed E-state index contributed by atoms with van der Waals surface area (Å²) < 4.78 is 0. The van der Waals surface area contributed by atoms with Crippen molar-refractivity contribution in [3.05, 3.63) is 0 Å². The van der Waals surface area contributed by atoms with Crippen LogP contribution < -0.4 is 0 Å². The summed E-state index contributed by atoms with van der Waals surface area (Å²) in [7, 11) is 0. The van der Waals surface area contributed by atoms with Gasteiger partial charge in [-0.2, -0.15) is 0 Å². The summed E-state index contributed by atoms with van der Waals surface area (Å²) in [6.45, 7) is 12.5. The number of hydrogen-bond donors (Lipinski definition) is 0. The Balaban J connectivity index is 2.56. The summed E-state index contributed by atoms with van der Waals surface area (Å²) in [6.07, 6.45) is 2.24. The zero-order valence-electron chi connectivity index (χ0n) is 11.8. The average Bonchev–Trinajstić information content (AvgIpc) is 2.27. The van der Waals surface area contributed by atoms with E-state index >= 15 is 0 Å². The molecule has 100 valence electrons. The van der Waals surface area contributed by atoms with Gasteiger partial charge in [-0.25, -0.2) is 0 Å². The molecule has 3 heteroatoms. The van der Waals surface area contributed by atoms with Crippen molar-refractivity contribution in [1.29, 1.82) is 0 Å². The fraction of sp³-hybridized carbons (Fsp3) is 0.929. The molecule has 0 bridgehead atoms. The highest BCUT2D eigenvalue weighted by molar-refractivity contribution is 6.19. The molecule has 1 amide bonds. The van der Waals surface area contributed by atoms with Crippen molar-refractivity contribution in [2.24, 2.45) is 16.7 Å². The van der Waals surface area contributed by atoms with E-state index in [1.54, 1.807) is 0 Å². The van der Waals surface area contributed by atoms with Crippen LogP contribution in [0, 0.1) is 16.7 Å². The summed E-state index contributed by atoms with van der Waals surface area (Å²) in [5.74, 6) is 1.33. The van der Waals surface area contributed by atoms with Gasteiger partial charge >= 0.3 is 0 Å². The van der Waals surface area contributed by atoms with Crippen molar-refractivity contribution in [3.8, 4) is 0 Å². The second kappa shape index (κ2) is 5.17. The Labute approximate surface area is 111 Å². The van der Waals surface area contributed by atoms with Crippen molar-refractivity contribution in [2.75, 3.05) is 19.0 Å². The molecule has 0 aromatic carbocycles. The van der Waals surface area contributed by atoms with Gasteiger partial charge < -0.3 is 4.90 Å². The van der Waals surface area contributed by atoms with Gasteiger partial charge in [0.1, 0.15) is 0 Å². The zero-order chi connectivity index (χ0) is 13.3. The molecule has 0 N–H and O–H groups in total. The summed E-state index contributed by atoms with van der Waals surface area (Å²) in [5, 5.41) is 0. The lowest BCUT2D eigenvalue weighted by Gasteiger charge is -2.40. The molecular weight excluding hydrogens is 234 g/mol. The second-order valence-electron chi connectivity index (χ2n) is 6.95. The SMILES string of the molecule is CC(C)(CCl)C(=O)N1CCC(C(C)(C)C)CC1. The first kappa shape index (κ1) is 14.8. The fourth-order valence-corrected chi connectivity index (χ4v) is 2.55. The Kier molecular flexibility index (Phi) is 4.51. The zero-order valence-corrected chi connectivity index (χ0v) is 12.6. The molecular formula is C14H26ClNO. The monoisotopic (exact) mass is 259 g/mol. The predicted molar refractivity (Wildman–Crippen MR) is 73.3 cm³/mol. The number of rotatable bonds is 2. The van der Waals surface area contributed by atoms with Crippen LogP contribution in [0.2, 0.25) is 0 Å². The molecule has 1 aliphatic rings. The minimum Gasteiger partial charge on any atom is -0.342 e. The van der Waals surface area contributed by atoms with Crippen LogP contribution in [0.25, 0.3) is 0 Å². The van der Waals surface area contributed by atoms with E-state index in [1.165, 1.54) is 0 Å². The quantitative estimate of drug-likeness (QED) is 0.695. The Hall–Kier alpha value is -0.240. The summed E-state index contributed by atoms with van der Waals surface area (Å²) in [5.41, 5.74) is -0.0622. The van der Waals surface area contributed by atoms with Gasteiger partial charge in [0.25, 0.3) is 0 Å². The van der Waals surface area contributed by atoms with Gasteiger partial charge in [-0.3, -0.25) is 4.79 Å². The van der Waals surface area contributed by atoms with Gasteiger partial charge in [0.15, 0.2) is 0 Å². The van der Waals surface area contributed by atoms with Crippen molar-refractivity contribution >= 4 is 17.5 Å². The highest BCUT2D eigenvalue weighted by Crippen LogP contribution is 2.35. The fourth-order valence-electron chi connectivity index (χ4n) is 2.43. The molecule has 0 unspecified atom stereocenters. The number of alkyl halides is 1. The van der Waals surface area contributed by atoms with Crippen LogP contribution in [0.1, 0.15) is 47.5 Å². The Morgan fingerprint density at radius 3 is 2.00 bits per heavy atom. The molecule has 0 aromatic rings. The Morgan fingerprint density at radius 1 is 1.18 bits per heavy atom. The lowest BCUT2D eigenvalue weighted by molar-refractivity contribution is -0.141. The largest absolute Gasteiger partial charge is 0.342 e. The van der Waals surface area contributed by atoms with Gasteiger partial charge in [-0.15, -0.1) is 11.6 Å². The maximum atomic E-state index is 12.2. The Bertz CT molecular complexity index is 272. The van der Waals surface area contributed by atoms with Crippen LogP contribution in [0.4, 0.5) is 0 Å². The van der Waals surface area contributed by atoms with Crippen molar-refractivity contribution in [1.82, 2.24) is 4.90 Å². The molecule has 1 aliphatic heterocycles. The molecule has 0 aliphatic carbocycles.